The van der Waals surface area contributed by atoms with Crippen LogP contribution in [0.25, 0.3) is 0 Å². The number of nitrogens with zero attached hydrogens (tertiary/aromatic N) is 3. The van der Waals surface area contributed by atoms with Crippen LogP contribution in [0.5, 0.6) is 0 Å². The van der Waals surface area contributed by atoms with Crippen molar-refractivity contribution in [3.63, 3.8) is 0 Å². The van der Waals surface area contributed by atoms with Gasteiger partial charge in [0.15, 0.2) is 11.5 Å². The molecule has 4 rings (SSSR count). The van der Waals surface area contributed by atoms with Crippen LogP contribution < -0.4 is 5.32 Å². The van der Waals surface area contributed by atoms with Gasteiger partial charge in [-0.2, -0.15) is 5.10 Å². The summed E-state index contributed by atoms with van der Waals surface area (Å²) in [4.78, 5) is 12.7. The van der Waals surface area contributed by atoms with Gasteiger partial charge in [-0.15, -0.1) is 0 Å². The number of amides is 1. The fourth-order valence-corrected chi connectivity index (χ4v) is 3.65. The molecule has 1 atom stereocenters. The topological polar surface area (TPSA) is 73.0 Å². The first kappa shape index (κ1) is 17.8. The summed E-state index contributed by atoms with van der Waals surface area (Å²) in [5, 5.41) is 12.0. The lowest BCUT2D eigenvalue weighted by molar-refractivity contribution is 0.101. The van der Waals surface area contributed by atoms with E-state index in [4.69, 9.17) is 16.1 Å². The van der Waals surface area contributed by atoms with Gasteiger partial charge in [0.05, 0.1) is 6.54 Å². The predicted molar refractivity (Wildman–Crippen MR) is 103 cm³/mol. The normalized spacial score (nSPS) is 16.2. The highest BCUT2D eigenvalue weighted by atomic mass is 35.5. The van der Waals surface area contributed by atoms with Crippen molar-refractivity contribution in [1.29, 1.82) is 0 Å². The van der Waals surface area contributed by atoms with Crippen LogP contribution in [0.4, 0.5) is 5.82 Å². The first-order valence-corrected chi connectivity index (χ1v) is 9.45. The molecule has 1 N–H and O–H groups in total. The Kier molecular flexibility index (Phi) is 4.74. The van der Waals surface area contributed by atoms with E-state index >= 15 is 0 Å². The summed E-state index contributed by atoms with van der Waals surface area (Å²) in [6, 6.07) is 9.49. The first-order valence-electron chi connectivity index (χ1n) is 9.08. The van der Waals surface area contributed by atoms with Gasteiger partial charge in [0, 0.05) is 28.8 Å². The number of halogens is 1. The highest BCUT2D eigenvalue weighted by molar-refractivity contribution is 6.31. The SMILES string of the molecule is Cc1cc(NC(=O)c2noc3c2CC(C)CC3)nn1Cc1ccccc1Cl. The van der Waals surface area contributed by atoms with Crippen molar-refractivity contribution in [2.45, 2.75) is 39.7 Å². The predicted octanol–water partition coefficient (Wildman–Crippen LogP) is 4.26. The average Bonchev–Trinajstić information content (AvgIpc) is 3.20. The second kappa shape index (κ2) is 7.19. The Morgan fingerprint density at radius 2 is 2.22 bits per heavy atom. The van der Waals surface area contributed by atoms with Gasteiger partial charge in [-0.1, -0.05) is 41.9 Å². The minimum absolute atomic E-state index is 0.281. The van der Waals surface area contributed by atoms with E-state index in [0.717, 1.165) is 41.8 Å². The molecule has 0 radical (unpaired) electrons. The zero-order chi connectivity index (χ0) is 19.0. The van der Waals surface area contributed by atoms with Gasteiger partial charge in [-0.25, -0.2) is 0 Å². The zero-order valence-electron chi connectivity index (χ0n) is 15.3. The number of aryl methyl sites for hydroxylation is 2. The van der Waals surface area contributed by atoms with Crippen molar-refractivity contribution in [2.75, 3.05) is 5.32 Å². The maximum Gasteiger partial charge on any atom is 0.279 e. The van der Waals surface area contributed by atoms with Crippen molar-refractivity contribution < 1.29 is 9.32 Å². The summed E-state index contributed by atoms with van der Waals surface area (Å²) in [6.07, 6.45) is 2.72. The Bertz CT molecular complexity index is 992. The molecule has 0 saturated heterocycles. The molecule has 0 fully saturated rings. The molecule has 2 aromatic heterocycles. The molecule has 27 heavy (non-hydrogen) atoms. The lowest BCUT2D eigenvalue weighted by Gasteiger charge is -2.16. The summed E-state index contributed by atoms with van der Waals surface area (Å²) >= 11 is 6.23. The molecule has 0 aliphatic heterocycles. The standard InChI is InChI=1S/C20H21ClN4O2/c1-12-7-8-17-15(9-12)19(24-27-17)20(26)22-18-10-13(2)25(23-18)11-14-5-3-4-6-16(14)21/h3-6,10,12H,7-9,11H2,1-2H3,(H,22,23,26). The van der Waals surface area contributed by atoms with Crippen LogP contribution in [0.15, 0.2) is 34.9 Å². The minimum atomic E-state index is -0.281. The smallest absolute Gasteiger partial charge is 0.279 e. The molecule has 7 heteroatoms. The quantitative estimate of drug-likeness (QED) is 0.729. The molecule has 1 aliphatic rings. The molecular weight excluding hydrogens is 364 g/mol. The van der Waals surface area contributed by atoms with Gasteiger partial charge in [0.25, 0.3) is 5.91 Å². The maximum absolute atomic E-state index is 12.7. The van der Waals surface area contributed by atoms with E-state index in [1.165, 1.54) is 0 Å². The lowest BCUT2D eigenvalue weighted by Crippen LogP contribution is -2.18. The minimum Gasteiger partial charge on any atom is -0.360 e. The van der Waals surface area contributed by atoms with E-state index in [1.807, 2.05) is 41.9 Å². The number of anilines is 1. The number of benzene rings is 1. The van der Waals surface area contributed by atoms with Crippen LogP contribution in [0.2, 0.25) is 5.02 Å². The fourth-order valence-electron chi connectivity index (χ4n) is 3.45. The summed E-state index contributed by atoms with van der Waals surface area (Å²) in [5.74, 6) is 1.57. The summed E-state index contributed by atoms with van der Waals surface area (Å²) in [6.45, 7) is 4.66. The number of aromatic nitrogens is 3. The van der Waals surface area contributed by atoms with E-state index in [2.05, 4.69) is 22.5 Å². The molecule has 0 saturated carbocycles. The van der Waals surface area contributed by atoms with Crippen molar-refractivity contribution in [1.82, 2.24) is 14.9 Å². The van der Waals surface area contributed by atoms with E-state index in [1.54, 1.807) is 0 Å². The van der Waals surface area contributed by atoms with Crippen molar-refractivity contribution in [2.24, 2.45) is 5.92 Å². The van der Waals surface area contributed by atoms with Crippen molar-refractivity contribution in [3.05, 3.63) is 63.6 Å². The van der Waals surface area contributed by atoms with Gasteiger partial charge < -0.3 is 9.84 Å². The van der Waals surface area contributed by atoms with Crippen LogP contribution in [0.3, 0.4) is 0 Å². The van der Waals surface area contributed by atoms with Gasteiger partial charge in [-0.05, 0) is 37.3 Å². The largest absolute Gasteiger partial charge is 0.360 e. The number of carbonyl (C=O) groups is 1. The first-order chi connectivity index (χ1) is 13.0. The molecule has 2 heterocycles. The van der Waals surface area contributed by atoms with Crippen LogP contribution in [0, 0.1) is 12.8 Å². The molecule has 0 bridgehead atoms. The van der Waals surface area contributed by atoms with Crippen LogP contribution in [-0.4, -0.2) is 20.8 Å². The van der Waals surface area contributed by atoms with Gasteiger partial charge >= 0.3 is 0 Å². The average molecular weight is 385 g/mol. The number of rotatable bonds is 4. The van der Waals surface area contributed by atoms with Crippen molar-refractivity contribution in [3.8, 4) is 0 Å². The number of hydrogen-bond acceptors (Lipinski definition) is 4. The monoisotopic (exact) mass is 384 g/mol. The van der Waals surface area contributed by atoms with Gasteiger partial charge in [0.1, 0.15) is 5.76 Å². The Hall–Kier alpha value is -2.60. The highest BCUT2D eigenvalue weighted by Gasteiger charge is 2.27. The second-order valence-corrected chi connectivity index (χ2v) is 7.56. The van der Waals surface area contributed by atoms with Gasteiger partial charge in [0.2, 0.25) is 0 Å². The molecule has 1 amide bonds. The van der Waals surface area contributed by atoms with Crippen LogP contribution in [-0.2, 0) is 19.4 Å². The lowest BCUT2D eigenvalue weighted by atomic mass is 9.88. The summed E-state index contributed by atoms with van der Waals surface area (Å²) in [7, 11) is 0. The highest BCUT2D eigenvalue weighted by Crippen LogP contribution is 2.28. The third kappa shape index (κ3) is 3.62. The van der Waals surface area contributed by atoms with E-state index < -0.39 is 0 Å². The molecule has 140 valence electrons. The van der Waals surface area contributed by atoms with E-state index in [9.17, 15) is 4.79 Å². The number of nitrogens with one attached hydrogen (secondary N) is 1. The van der Waals surface area contributed by atoms with Crippen molar-refractivity contribution >= 4 is 23.3 Å². The Morgan fingerprint density at radius 1 is 1.41 bits per heavy atom. The zero-order valence-corrected chi connectivity index (χ0v) is 16.1. The van der Waals surface area contributed by atoms with Crippen LogP contribution in [0.1, 0.15) is 46.4 Å². The maximum atomic E-state index is 12.7. The summed E-state index contributed by atoms with van der Waals surface area (Å²) in [5.41, 5.74) is 3.21. The third-order valence-electron chi connectivity index (χ3n) is 5.00. The number of hydrogen-bond donors (Lipinski definition) is 1. The molecule has 3 aromatic rings. The van der Waals surface area contributed by atoms with E-state index in [0.29, 0.717) is 29.0 Å². The second-order valence-electron chi connectivity index (χ2n) is 7.16. The Balaban J connectivity index is 1.52. The molecule has 0 spiro atoms. The fraction of sp³-hybridized carbons (Fsp3) is 0.350. The number of fused-ring (bicyclic) bond motifs is 1. The molecule has 6 nitrogen and oxygen atoms in total. The van der Waals surface area contributed by atoms with Crippen LogP contribution >= 0.6 is 11.6 Å². The molecule has 1 aromatic carbocycles. The Morgan fingerprint density at radius 3 is 3.04 bits per heavy atom. The molecule has 1 unspecified atom stereocenters. The number of carbonyl (C=O) groups excluding carboxylic acids is 1. The van der Waals surface area contributed by atoms with Gasteiger partial charge in [-0.3, -0.25) is 9.48 Å². The third-order valence-corrected chi connectivity index (χ3v) is 5.37. The molecule has 1 aliphatic carbocycles. The molecular formula is C20H21ClN4O2. The Labute approximate surface area is 162 Å². The summed E-state index contributed by atoms with van der Waals surface area (Å²) < 4.78 is 7.18. The van der Waals surface area contributed by atoms with E-state index in [-0.39, 0.29) is 5.91 Å².